The van der Waals surface area contributed by atoms with Gasteiger partial charge in [-0.05, 0) is 31.4 Å². The standard InChI is InChI=1S/C18H28N2O2/c1-4-22-13-12-19-11-10-18(15(2)14-19)20(16(3)21)17-8-6-5-7-9-17/h5-9,15,18H,4,10-14H2,1-3H3/t15-,18+/m0/s1. The quantitative estimate of drug-likeness (QED) is 0.758. The Morgan fingerprint density at radius 3 is 2.68 bits per heavy atom. The molecule has 0 bridgehead atoms. The molecule has 0 unspecified atom stereocenters. The highest BCUT2D eigenvalue weighted by Gasteiger charge is 2.32. The molecule has 4 heteroatoms. The lowest BCUT2D eigenvalue weighted by atomic mass is 9.91. The number of benzene rings is 1. The van der Waals surface area contributed by atoms with Crippen molar-refractivity contribution in [2.75, 3.05) is 37.7 Å². The smallest absolute Gasteiger partial charge is 0.224 e. The number of ether oxygens (including phenoxy) is 1. The van der Waals surface area contributed by atoms with Crippen LogP contribution in [0.15, 0.2) is 30.3 Å². The molecule has 0 aromatic heterocycles. The monoisotopic (exact) mass is 304 g/mol. The van der Waals surface area contributed by atoms with Gasteiger partial charge in [0, 0.05) is 44.9 Å². The summed E-state index contributed by atoms with van der Waals surface area (Å²) in [4.78, 5) is 16.6. The molecule has 1 saturated heterocycles. The molecule has 4 nitrogen and oxygen atoms in total. The third kappa shape index (κ3) is 4.31. The van der Waals surface area contributed by atoms with Crippen LogP contribution in [0.5, 0.6) is 0 Å². The highest BCUT2D eigenvalue weighted by atomic mass is 16.5. The first-order valence-corrected chi connectivity index (χ1v) is 8.28. The number of hydrogen-bond donors (Lipinski definition) is 0. The van der Waals surface area contributed by atoms with Crippen molar-refractivity contribution in [1.29, 1.82) is 0 Å². The van der Waals surface area contributed by atoms with Gasteiger partial charge in [-0.25, -0.2) is 0 Å². The van der Waals surface area contributed by atoms with Crippen LogP contribution in [-0.4, -0.2) is 49.7 Å². The normalized spacial score (nSPS) is 22.5. The van der Waals surface area contributed by atoms with E-state index in [1.165, 1.54) is 0 Å². The average molecular weight is 304 g/mol. The van der Waals surface area contributed by atoms with E-state index in [-0.39, 0.29) is 11.9 Å². The van der Waals surface area contributed by atoms with Gasteiger partial charge in [0.25, 0.3) is 0 Å². The Kier molecular flexibility index (Phi) is 6.40. The molecule has 1 aromatic rings. The maximum Gasteiger partial charge on any atom is 0.224 e. The number of nitrogens with zero attached hydrogens (tertiary/aromatic N) is 2. The molecule has 1 aliphatic rings. The number of amides is 1. The number of anilines is 1. The molecular formula is C18H28N2O2. The maximum absolute atomic E-state index is 12.2. The first-order chi connectivity index (χ1) is 10.6. The molecule has 22 heavy (non-hydrogen) atoms. The van der Waals surface area contributed by atoms with Gasteiger partial charge in [0.15, 0.2) is 0 Å². The van der Waals surface area contributed by atoms with Gasteiger partial charge in [-0.15, -0.1) is 0 Å². The largest absolute Gasteiger partial charge is 0.380 e. The van der Waals surface area contributed by atoms with Crippen LogP contribution in [0.1, 0.15) is 27.2 Å². The SMILES string of the molecule is CCOCCN1CC[C@@H](N(C(C)=O)c2ccccc2)[C@@H](C)C1. The Morgan fingerprint density at radius 1 is 1.36 bits per heavy atom. The van der Waals surface area contributed by atoms with E-state index in [0.717, 1.165) is 45.0 Å². The van der Waals surface area contributed by atoms with Crippen LogP contribution in [0, 0.1) is 5.92 Å². The highest BCUT2D eigenvalue weighted by molar-refractivity contribution is 5.92. The Morgan fingerprint density at radius 2 is 2.09 bits per heavy atom. The zero-order valence-electron chi connectivity index (χ0n) is 14.0. The summed E-state index contributed by atoms with van der Waals surface area (Å²) >= 11 is 0. The van der Waals surface area contributed by atoms with Crippen molar-refractivity contribution in [3.63, 3.8) is 0 Å². The van der Waals surface area contributed by atoms with Gasteiger partial charge in [-0.3, -0.25) is 4.79 Å². The van der Waals surface area contributed by atoms with Crippen molar-refractivity contribution in [2.24, 2.45) is 5.92 Å². The second-order valence-corrected chi connectivity index (χ2v) is 6.06. The second-order valence-electron chi connectivity index (χ2n) is 6.06. The lowest BCUT2D eigenvalue weighted by molar-refractivity contribution is -0.117. The Labute approximate surface area is 134 Å². The molecule has 0 radical (unpaired) electrons. The number of carbonyl (C=O) groups is 1. The van der Waals surface area contributed by atoms with Gasteiger partial charge in [0.2, 0.25) is 5.91 Å². The van der Waals surface area contributed by atoms with Crippen molar-refractivity contribution in [3.05, 3.63) is 30.3 Å². The number of carbonyl (C=O) groups excluding carboxylic acids is 1. The van der Waals surface area contributed by atoms with E-state index in [2.05, 4.69) is 11.8 Å². The Balaban J connectivity index is 2.01. The molecule has 2 rings (SSSR count). The zero-order chi connectivity index (χ0) is 15.9. The molecule has 2 atom stereocenters. The number of rotatable bonds is 6. The molecule has 0 aliphatic carbocycles. The summed E-state index contributed by atoms with van der Waals surface area (Å²) in [7, 11) is 0. The molecule has 1 aromatic carbocycles. The molecule has 0 saturated carbocycles. The molecule has 1 amide bonds. The molecule has 1 aliphatic heterocycles. The van der Waals surface area contributed by atoms with Crippen LogP contribution < -0.4 is 4.90 Å². The third-order valence-corrected chi connectivity index (χ3v) is 4.41. The Bertz CT molecular complexity index is 463. The minimum Gasteiger partial charge on any atom is -0.380 e. The molecule has 0 N–H and O–H groups in total. The third-order valence-electron chi connectivity index (χ3n) is 4.41. The molecule has 1 heterocycles. The van der Waals surface area contributed by atoms with E-state index in [1.807, 2.05) is 42.2 Å². The maximum atomic E-state index is 12.2. The van der Waals surface area contributed by atoms with Crippen molar-refractivity contribution in [3.8, 4) is 0 Å². The first-order valence-electron chi connectivity index (χ1n) is 8.28. The van der Waals surface area contributed by atoms with Gasteiger partial charge in [0.05, 0.1) is 6.61 Å². The summed E-state index contributed by atoms with van der Waals surface area (Å²) in [6, 6.07) is 10.3. The fraction of sp³-hybridized carbons (Fsp3) is 0.611. The van der Waals surface area contributed by atoms with Gasteiger partial charge in [0.1, 0.15) is 0 Å². The molecule has 0 spiro atoms. The summed E-state index contributed by atoms with van der Waals surface area (Å²) < 4.78 is 5.45. The fourth-order valence-electron chi connectivity index (χ4n) is 3.34. The van der Waals surface area contributed by atoms with Crippen molar-refractivity contribution < 1.29 is 9.53 Å². The van der Waals surface area contributed by atoms with E-state index in [4.69, 9.17) is 4.74 Å². The predicted octanol–water partition coefficient (Wildman–Crippen LogP) is 2.79. The second kappa shape index (κ2) is 8.30. The van der Waals surface area contributed by atoms with E-state index < -0.39 is 0 Å². The summed E-state index contributed by atoms with van der Waals surface area (Å²) in [5, 5.41) is 0. The summed E-state index contributed by atoms with van der Waals surface area (Å²) in [6.45, 7) is 10.5. The number of hydrogen-bond acceptors (Lipinski definition) is 3. The lowest BCUT2D eigenvalue weighted by Gasteiger charge is -2.42. The van der Waals surface area contributed by atoms with Crippen LogP contribution in [0.3, 0.4) is 0 Å². The van der Waals surface area contributed by atoms with E-state index in [1.54, 1.807) is 6.92 Å². The van der Waals surface area contributed by atoms with Gasteiger partial charge >= 0.3 is 0 Å². The van der Waals surface area contributed by atoms with Gasteiger partial charge < -0.3 is 14.5 Å². The van der Waals surface area contributed by atoms with Crippen molar-refractivity contribution in [1.82, 2.24) is 4.90 Å². The average Bonchev–Trinajstić information content (AvgIpc) is 2.51. The predicted molar refractivity (Wildman–Crippen MR) is 90.1 cm³/mol. The zero-order valence-corrected chi connectivity index (χ0v) is 14.0. The number of piperidine rings is 1. The van der Waals surface area contributed by atoms with Gasteiger partial charge in [-0.2, -0.15) is 0 Å². The minimum atomic E-state index is 0.130. The fourth-order valence-corrected chi connectivity index (χ4v) is 3.34. The topological polar surface area (TPSA) is 32.8 Å². The first kappa shape index (κ1) is 17.0. The highest BCUT2D eigenvalue weighted by Crippen LogP contribution is 2.27. The lowest BCUT2D eigenvalue weighted by Crippen LogP contribution is -2.52. The van der Waals surface area contributed by atoms with E-state index in [0.29, 0.717) is 5.92 Å². The summed E-state index contributed by atoms with van der Waals surface area (Å²) in [6.07, 6.45) is 1.02. The van der Waals surface area contributed by atoms with Crippen molar-refractivity contribution >= 4 is 11.6 Å². The van der Waals surface area contributed by atoms with E-state index in [9.17, 15) is 4.79 Å². The van der Waals surface area contributed by atoms with Crippen LogP contribution in [0.25, 0.3) is 0 Å². The van der Waals surface area contributed by atoms with Crippen molar-refractivity contribution in [2.45, 2.75) is 33.2 Å². The van der Waals surface area contributed by atoms with Crippen LogP contribution >= 0.6 is 0 Å². The molecule has 122 valence electrons. The molecular weight excluding hydrogens is 276 g/mol. The minimum absolute atomic E-state index is 0.130. The summed E-state index contributed by atoms with van der Waals surface area (Å²) in [5.41, 5.74) is 1.01. The Hall–Kier alpha value is -1.39. The van der Waals surface area contributed by atoms with Gasteiger partial charge in [-0.1, -0.05) is 25.1 Å². The number of likely N-dealkylation sites (tertiary alicyclic amines) is 1. The van der Waals surface area contributed by atoms with Crippen LogP contribution in [0.4, 0.5) is 5.69 Å². The number of para-hydroxylation sites is 1. The molecule has 1 fully saturated rings. The van der Waals surface area contributed by atoms with E-state index >= 15 is 0 Å². The summed E-state index contributed by atoms with van der Waals surface area (Å²) in [5.74, 6) is 0.588. The van der Waals surface area contributed by atoms with Crippen LogP contribution in [-0.2, 0) is 9.53 Å². The van der Waals surface area contributed by atoms with Crippen LogP contribution in [0.2, 0.25) is 0 Å².